The number of nitrogens with zero attached hydrogens (tertiary/aromatic N) is 1. The highest BCUT2D eigenvalue weighted by Crippen LogP contribution is 2.29. The van der Waals surface area contributed by atoms with Crippen molar-refractivity contribution in [3.63, 3.8) is 0 Å². The minimum Gasteiger partial charge on any atom is -0.508 e. The maximum Gasteiger partial charge on any atom is 0.115 e. The Morgan fingerprint density at radius 2 is 1.85 bits per heavy atom. The molecule has 1 fully saturated rings. The molecule has 1 aromatic rings. The fourth-order valence-electron chi connectivity index (χ4n) is 3.22. The molecule has 0 aliphatic carbocycles. The van der Waals surface area contributed by atoms with Gasteiger partial charge in [-0.15, -0.1) is 0 Å². The topological polar surface area (TPSA) is 35.5 Å². The Hall–Kier alpha value is -1.06. The molecule has 1 heterocycles. The third-order valence-corrected chi connectivity index (χ3v) is 4.44. The van der Waals surface area contributed by atoms with Crippen LogP contribution in [-0.2, 0) is 0 Å². The molecule has 0 bridgehead atoms. The van der Waals surface area contributed by atoms with Crippen LogP contribution in [0, 0.1) is 5.92 Å². The molecule has 1 aliphatic rings. The lowest BCUT2D eigenvalue weighted by Crippen LogP contribution is -2.39. The Labute approximate surface area is 123 Å². The van der Waals surface area contributed by atoms with Crippen molar-refractivity contribution in [1.82, 2.24) is 10.2 Å². The number of benzene rings is 1. The molecule has 3 heteroatoms. The van der Waals surface area contributed by atoms with Crippen LogP contribution in [0.15, 0.2) is 24.3 Å². The molecule has 1 aliphatic heterocycles. The van der Waals surface area contributed by atoms with E-state index in [0.717, 1.165) is 18.9 Å². The smallest absolute Gasteiger partial charge is 0.115 e. The molecule has 3 nitrogen and oxygen atoms in total. The van der Waals surface area contributed by atoms with E-state index in [1.807, 2.05) is 0 Å². The van der Waals surface area contributed by atoms with Crippen LogP contribution in [0.4, 0.5) is 0 Å². The van der Waals surface area contributed by atoms with Crippen molar-refractivity contribution < 1.29 is 5.11 Å². The quantitative estimate of drug-likeness (QED) is 0.838. The molecule has 0 saturated carbocycles. The summed E-state index contributed by atoms with van der Waals surface area (Å²) in [6.07, 6.45) is 3.71. The summed E-state index contributed by atoms with van der Waals surface area (Å²) in [6.45, 7) is 9.05. The summed E-state index contributed by atoms with van der Waals surface area (Å²) < 4.78 is 0. The Morgan fingerprint density at radius 3 is 2.40 bits per heavy atom. The lowest BCUT2D eigenvalue weighted by atomic mass is 9.93. The van der Waals surface area contributed by atoms with Crippen molar-refractivity contribution in [2.45, 2.75) is 39.2 Å². The number of nitrogens with one attached hydrogen (secondary N) is 1. The van der Waals surface area contributed by atoms with Crippen LogP contribution in [0.5, 0.6) is 5.75 Å². The molecule has 0 amide bonds. The van der Waals surface area contributed by atoms with E-state index in [-0.39, 0.29) is 0 Å². The number of likely N-dealkylation sites (tertiary alicyclic amines) is 1. The summed E-state index contributed by atoms with van der Waals surface area (Å²) in [7, 11) is 0. The van der Waals surface area contributed by atoms with E-state index in [1.165, 1.54) is 38.0 Å². The Morgan fingerprint density at radius 1 is 1.20 bits per heavy atom. The van der Waals surface area contributed by atoms with Crippen LogP contribution in [0.2, 0.25) is 0 Å². The molecule has 20 heavy (non-hydrogen) atoms. The van der Waals surface area contributed by atoms with E-state index in [2.05, 4.69) is 36.2 Å². The third kappa shape index (κ3) is 3.97. The molecule has 0 aromatic heterocycles. The van der Waals surface area contributed by atoms with Crippen LogP contribution < -0.4 is 5.32 Å². The number of rotatable bonds is 6. The van der Waals surface area contributed by atoms with Crippen molar-refractivity contribution in [1.29, 1.82) is 0 Å². The number of aromatic hydroxyl groups is 1. The number of hydrogen-bond acceptors (Lipinski definition) is 3. The zero-order chi connectivity index (χ0) is 14.4. The normalized spacial score (nSPS) is 19.1. The number of phenolic OH excluding ortho intramolecular Hbond substituents is 1. The van der Waals surface area contributed by atoms with Crippen LogP contribution in [-0.4, -0.2) is 36.2 Å². The van der Waals surface area contributed by atoms with Gasteiger partial charge in [0.1, 0.15) is 5.75 Å². The van der Waals surface area contributed by atoms with Crippen molar-refractivity contribution in [2.75, 3.05) is 26.2 Å². The van der Waals surface area contributed by atoms with E-state index in [9.17, 15) is 5.11 Å². The third-order valence-electron chi connectivity index (χ3n) is 4.44. The first-order chi connectivity index (χ1) is 9.74. The lowest BCUT2D eigenvalue weighted by Gasteiger charge is -2.37. The highest BCUT2D eigenvalue weighted by Gasteiger charge is 2.24. The summed E-state index contributed by atoms with van der Waals surface area (Å²) >= 11 is 0. The van der Waals surface area contributed by atoms with Crippen LogP contribution >= 0.6 is 0 Å². The monoisotopic (exact) mass is 276 g/mol. The second-order valence-corrected chi connectivity index (χ2v) is 5.80. The number of hydrogen-bond donors (Lipinski definition) is 2. The molecule has 1 atom stereocenters. The van der Waals surface area contributed by atoms with Crippen molar-refractivity contribution in [2.24, 2.45) is 5.92 Å². The van der Waals surface area contributed by atoms with Gasteiger partial charge < -0.3 is 10.4 Å². The highest BCUT2D eigenvalue weighted by atomic mass is 16.3. The molecule has 112 valence electrons. The summed E-state index contributed by atoms with van der Waals surface area (Å²) in [5.41, 5.74) is 1.33. The van der Waals surface area contributed by atoms with Gasteiger partial charge in [-0.2, -0.15) is 0 Å². The van der Waals surface area contributed by atoms with Gasteiger partial charge in [-0.25, -0.2) is 0 Å². The first-order valence-corrected chi connectivity index (χ1v) is 7.98. The Balaban J connectivity index is 1.91. The van der Waals surface area contributed by atoms with E-state index < -0.39 is 0 Å². The number of phenols is 1. The van der Waals surface area contributed by atoms with Crippen molar-refractivity contribution >= 4 is 0 Å². The zero-order valence-electron chi connectivity index (χ0n) is 12.8. The van der Waals surface area contributed by atoms with Gasteiger partial charge in [0.25, 0.3) is 0 Å². The van der Waals surface area contributed by atoms with E-state index in [0.29, 0.717) is 11.8 Å². The van der Waals surface area contributed by atoms with E-state index in [4.69, 9.17) is 0 Å². The Bertz CT molecular complexity index is 382. The van der Waals surface area contributed by atoms with Crippen LogP contribution in [0.3, 0.4) is 0 Å². The molecule has 1 aromatic carbocycles. The maximum absolute atomic E-state index is 9.42. The predicted molar refractivity (Wildman–Crippen MR) is 84.0 cm³/mol. The van der Waals surface area contributed by atoms with Gasteiger partial charge in [0, 0.05) is 6.04 Å². The van der Waals surface area contributed by atoms with Gasteiger partial charge in [-0.05, 0) is 69.1 Å². The first kappa shape index (κ1) is 15.3. The molecule has 1 unspecified atom stereocenters. The predicted octanol–water partition coefficient (Wildman–Crippen LogP) is 3.16. The van der Waals surface area contributed by atoms with Gasteiger partial charge in [0.15, 0.2) is 0 Å². The largest absolute Gasteiger partial charge is 0.508 e. The summed E-state index contributed by atoms with van der Waals surface area (Å²) in [5.74, 6) is 1.19. The minimum absolute atomic E-state index is 0.355. The molecule has 2 N–H and O–H groups in total. The van der Waals surface area contributed by atoms with E-state index >= 15 is 0 Å². The molecule has 0 spiro atoms. The van der Waals surface area contributed by atoms with Gasteiger partial charge in [0.2, 0.25) is 0 Å². The average molecular weight is 276 g/mol. The second kappa shape index (κ2) is 7.65. The average Bonchev–Trinajstić information content (AvgIpc) is 2.49. The standard InChI is InChI=1S/C17H28N2O/c1-3-17(15-5-7-16(20)8-6-15)19-11-9-14(10-12-19)13-18-4-2/h5-8,14,17-18,20H,3-4,9-13H2,1-2H3. The van der Waals surface area contributed by atoms with Crippen LogP contribution in [0.25, 0.3) is 0 Å². The van der Waals surface area contributed by atoms with Gasteiger partial charge in [0.05, 0.1) is 0 Å². The summed E-state index contributed by atoms with van der Waals surface area (Å²) in [5, 5.41) is 12.9. The summed E-state index contributed by atoms with van der Waals surface area (Å²) in [4.78, 5) is 2.61. The van der Waals surface area contributed by atoms with Crippen LogP contribution in [0.1, 0.15) is 44.7 Å². The van der Waals surface area contributed by atoms with E-state index in [1.54, 1.807) is 12.1 Å². The minimum atomic E-state index is 0.355. The fourth-order valence-corrected chi connectivity index (χ4v) is 3.22. The molecule has 2 rings (SSSR count). The number of piperidine rings is 1. The van der Waals surface area contributed by atoms with Crippen molar-refractivity contribution in [3.05, 3.63) is 29.8 Å². The van der Waals surface area contributed by atoms with Crippen molar-refractivity contribution in [3.8, 4) is 5.75 Å². The molecule has 1 saturated heterocycles. The first-order valence-electron chi connectivity index (χ1n) is 7.98. The fraction of sp³-hybridized carbons (Fsp3) is 0.647. The highest BCUT2D eigenvalue weighted by molar-refractivity contribution is 5.28. The summed E-state index contributed by atoms with van der Waals surface area (Å²) in [6, 6.07) is 8.23. The molecular weight excluding hydrogens is 248 g/mol. The zero-order valence-corrected chi connectivity index (χ0v) is 12.8. The molecule has 0 radical (unpaired) electrons. The van der Waals surface area contributed by atoms with Gasteiger partial charge in [-0.3, -0.25) is 4.90 Å². The molecular formula is C17H28N2O. The maximum atomic E-state index is 9.42. The van der Waals surface area contributed by atoms with Gasteiger partial charge in [-0.1, -0.05) is 26.0 Å². The SMILES string of the molecule is CCNCC1CCN(C(CC)c2ccc(O)cc2)CC1. The second-order valence-electron chi connectivity index (χ2n) is 5.80. The lowest BCUT2D eigenvalue weighted by molar-refractivity contribution is 0.128. The van der Waals surface area contributed by atoms with Gasteiger partial charge >= 0.3 is 0 Å². The Kier molecular flexibility index (Phi) is 5.86.